The van der Waals surface area contributed by atoms with E-state index in [1.165, 1.54) is 50.7 Å². The molecule has 4 N–H and O–H groups in total. The Morgan fingerprint density at radius 1 is 1.06 bits per heavy atom. The second-order valence-electron chi connectivity index (χ2n) is 6.48. The normalized spacial score (nSPS) is 11.1. The minimum atomic E-state index is -0.781. The van der Waals surface area contributed by atoms with Gasteiger partial charge in [-0.15, -0.1) is 0 Å². The average molecular weight is 456 g/mol. The Labute approximate surface area is 188 Å². The summed E-state index contributed by atoms with van der Waals surface area (Å²) in [7, 11) is 2.92. The Balaban J connectivity index is 1.88. The van der Waals surface area contributed by atoms with Gasteiger partial charge in [0.2, 0.25) is 0 Å². The predicted octanol–water partition coefficient (Wildman–Crippen LogP) is 3.72. The summed E-state index contributed by atoms with van der Waals surface area (Å²) in [6.45, 7) is 0. The Kier molecular flexibility index (Phi) is 7.01. The molecule has 1 aromatic heterocycles. The van der Waals surface area contributed by atoms with Crippen LogP contribution in [0.5, 0.6) is 5.75 Å². The number of nitrogens with zero attached hydrogens (tertiary/aromatic N) is 2. The summed E-state index contributed by atoms with van der Waals surface area (Å²) in [6, 6.07) is 11.5. The van der Waals surface area contributed by atoms with Crippen LogP contribution in [0.15, 0.2) is 59.7 Å². The summed E-state index contributed by atoms with van der Waals surface area (Å²) < 4.78 is 19.7. The van der Waals surface area contributed by atoms with Crippen molar-refractivity contribution >= 4 is 40.8 Å². The van der Waals surface area contributed by atoms with Crippen LogP contribution in [0.25, 0.3) is 0 Å². The van der Waals surface area contributed by atoms with Crippen LogP contribution in [0.2, 0.25) is 5.02 Å². The highest BCUT2D eigenvalue weighted by Gasteiger charge is 2.19. The number of ether oxygens (including phenoxy) is 1. The van der Waals surface area contributed by atoms with E-state index in [1.54, 1.807) is 12.1 Å². The molecule has 0 bridgehead atoms. The number of amidine groups is 1. The van der Waals surface area contributed by atoms with Crippen LogP contribution < -0.4 is 21.1 Å². The molecule has 0 unspecified atom stereocenters. The largest absolute Gasteiger partial charge is 0.497 e. The number of nitrogens with two attached hydrogens (primary N) is 1. The fourth-order valence-corrected chi connectivity index (χ4v) is 2.87. The number of carbonyl (C=O) groups is 2. The smallest absolute Gasteiger partial charge is 0.259 e. The van der Waals surface area contributed by atoms with Crippen molar-refractivity contribution in [2.24, 2.45) is 10.7 Å². The number of aromatic nitrogens is 1. The van der Waals surface area contributed by atoms with Crippen molar-refractivity contribution in [3.8, 4) is 5.75 Å². The van der Waals surface area contributed by atoms with E-state index in [1.807, 2.05) is 0 Å². The van der Waals surface area contributed by atoms with E-state index in [0.717, 1.165) is 6.07 Å². The van der Waals surface area contributed by atoms with Gasteiger partial charge in [0.05, 0.1) is 28.9 Å². The molecule has 0 aliphatic heterocycles. The van der Waals surface area contributed by atoms with E-state index >= 15 is 0 Å². The van der Waals surface area contributed by atoms with Crippen LogP contribution in [0.1, 0.15) is 26.3 Å². The maximum Gasteiger partial charge on any atom is 0.259 e. The van der Waals surface area contributed by atoms with E-state index < -0.39 is 17.6 Å². The quantitative estimate of drug-likeness (QED) is 0.386. The van der Waals surface area contributed by atoms with Crippen molar-refractivity contribution in [2.75, 3.05) is 24.8 Å². The SMILES string of the molecule is CN=C(N)c1ccc(C(=O)Nc2ccc(OC)cc2C(=O)Nc2ccc(Cl)cn2)c(F)c1. The van der Waals surface area contributed by atoms with E-state index in [-0.39, 0.29) is 28.5 Å². The summed E-state index contributed by atoms with van der Waals surface area (Å²) in [4.78, 5) is 33.3. The van der Waals surface area contributed by atoms with E-state index in [0.29, 0.717) is 16.3 Å². The lowest BCUT2D eigenvalue weighted by atomic mass is 10.1. The molecule has 0 saturated carbocycles. The molecular formula is C22H19ClFN5O3. The number of anilines is 2. The number of rotatable bonds is 6. The zero-order valence-electron chi connectivity index (χ0n) is 17.1. The van der Waals surface area contributed by atoms with Crippen LogP contribution in [-0.4, -0.2) is 36.8 Å². The fraction of sp³-hybridized carbons (Fsp3) is 0.0909. The minimum absolute atomic E-state index is 0.0915. The topological polar surface area (TPSA) is 119 Å². The van der Waals surface area contributed by atoms with Crippen molar-refractivity contribution in [3.05, 3.63) is 82.3 Å². The minimum Gasteiger partial charge on any atom is -0.497 e. The maximum atomic E-state index is 14.5. The third-order valence-corrected chi connectivity index (χ3v) is 4.66. The molecule has 0 saturated heterocycles. The molecule has 32 heavy (non-hydrogen) atoms. The van der Waals surface area contributed by atoms with Gasteiger partial charge in [-0.1, -0.05) is 17.7 Å². The maximum absolute atomic E-state index is 14.5. The van der Waals surface area contributed by atoms with Gasteiger partial charge in [-0.05, 0) is 42.5 Å². The zero-order chi connectivity index (χ0) is 23.3. The molecule has 10 heteroatoms. The van der Waals surface area contributed by atoms with Crippen LogP contribution in [-0.2, 0) is 0 Å². The Bertz CT molecular complexity index is 1200. The number of hydrogen-bond acceptors (Lipinski definition) is 5. The Hall–Kier alpha value is -3.98. The highest BCUT2D eigenvalue weighted by molar-refractivity contribution is 6.30. The number of hydrogen-bond donors (Lipinski definition) is 3. The lowest BCUT2D eigenvalue weighted by Gasteiger charge is -2.13. The number of aliphatic imine (C=N–C) groups is 1. The van der Waals surface area contributed by atoms with Crippen LogP contribution in [0.4, 0.5) is 15.9 Å². The van der Waals surface area contributed by atoms with E-state index in [4.69, 9.17) is 22.1 Å². The molecule has 1 heterocycles. The molecule has 8 nitrogen and oxygen atoms in total. The summed E-state index contributed by atoms with van der Waals surface area (Å²) in [5.74, 6) is -1.29. The first kappa shape index (κ1) is 22.7. The number of halogens is 2. The van der Waals surface area contributed by atoms with Crippen LogP contribution in [0.3, 0.4) is 0 Å². The highest BCUT2D eigenvalue weighted by atomic mass is 35.5. The molecular weight excluding hydrogens is 437 g/mol. The van der Waals surface area contributed by atoms with E-state index in [2.05, 4.69) is 20.6 Å². The standard InChI is InChI=1S/C22H19ClFN5O3/c1-26-20(25)12-3-6-15(17(24)9-12)21(30)28-18-7-5-14(32-2)10-16(18)22(31)29-19-8-4-13(23)11-27-19/h3-11H,1-2H3,(H2,25,26)(H,28,30)(H,27,29,31). The molecule has 3 rings (SSSR count). The molecule has 0 aliphatic carbocycles. The Morgan fingerprint density at radius 2 is 1.81 bits per heavy atom. The van der Waals surface area contributed by atoms with Crippen LogP contribution >= 0.6 is 11.6 Å². The number of amides is 2. The predicted molar refractivity (Wildman–Crippen MR) is 121 cm³/mol. The van der Waals surface area contributed by atoms with Gasteiger partial charge in [-0.2, -0.15) is 0 Å². The van der Waals surface area contributed by atoms with Crippen molar-refractivity contribution in [1.29, 1.82) is 0 Å². The summed E-state index contributed by atoms with van der Waals surface area (Å²) >= 11 is 5.81. The molecule has 0 fully saturated rings. The van der Waals surface area contributed by atoms with Gasteiger partial charge in [-0.25, -0.2) is 9.37 Å². The third kappa shape index (κ3) is 5.19. The number of nitrogens with one attached hydrogen (secondary N) is 2. The molecule has 0 spiro atoms. The first-order valence-electron chi connectivity index (χ1n) is 9.27. The number of carbonyl (C=O) groups excluding carboxylic acids is 2. The second kappa shape index (κ2) is 9.88. The monoisotopic (exact) mass is 455 g/mol. The van der Waals surface area contributed by atoms with Crippen LogP contribution in [0, 0.1) is 5.82 Å². The molecule has 3 aromatic rings. The van der Waals surface area contributed by atoms with Crippen molar-refractivity contribution in [1.82, 2.24) is 4.98 Å². The zero-order valence-corrected chi connectivity index (χ0v) is 17.9. The number of methoxy groups -OCH3 is 1. The summed E-state index contributed by atoms with van der Waals surface area (Å²) in [5, 5.41) is 5.58. The van der Waals surface area contributed by atoms with Gasteiger partial charge in [0, 0.05) is 18.8 Å². The first-order chi connectivity index (χ1) is 15.3. The third-order valence-electron chi connectivity index (χ3n) is 4.44. The van der Waals surface area contributed by atoms with Crippen molar-refractivity contribution in [3.63, 3.8) is 0 Å². The fourth-order valence-electron chi connectivity index (χ4n) is 2.76. The van der Waals surface area contributed by atoms with Gasteiger partial charge in [0.25, 0.3) is 11.8 Å². The molecule has 0 radical (unpaired) electrons. The summed E-state index contributed by atoms with van der Waals surface area (Å²) in [5.41, 5.74) is 6.05. The van der Waals surface area contributed by atoms with Gasteiger partial charge >= 0.3 is 0 Å². The van der Waals surface area contributed by atoms with Gasteiger partial charge in [0.15, 0.2) is 0 Å². The molecule has 164 valence electrons. The Morgan fingerprint density at radius 3 is 2.44 bits per heavy atom. The molecule has 2 amide bonds. The number of pyridine rings is 1. The average Bonchev–Trinajstić information content (AvgIpc) is 2.80. The molecule has 0 atom stereocenters. The second-order valence-corrected chi connectivity index (χ2v) is 6.92. The van der Waals surface area contributed by atoms with Gasteiger partial charge in [0.1, 0.15) is 23.2 Å². The lowest BCUT2D eigenvalue weighted by Crippen LogP contribution is -2.20. The molecule has 0 aliphatic rings. The highest BCUT2D eigenvalue weighted by Crippen LogP contribution is 2.24. The van der Waals surface area contributed by atoms with E-state index in [9.17, 15) is 14.0 Å². The first-order valence-corrected chi connectivity index (χ1v) is 9.64. The van der Waals surface area contributed by atoms with Gasteiger partial charge in [-0.3, -0.25) is 14.6 Å². The number of benzene rings is 2. The molecule has 2 aromatic carbocycles. The lowest BCUT2D eigenvalue weighted by molar-refractivity contribution is 0.102. The van der Waals surface area contributed by atoms with Crippen molar-refractivity contribution in [2.45, 2.75) is 0 Å². The van der Waals surface area contributed by atoms with Crippen molar-refractivity contribution < 1.29 is 18.7 Å². The van der Waals surface area contributed by atoms with Gasteiger partial charge < -0.3 is 21.1 Å². The summed E-state index contributed by atoms with van der Waals surface area (Å²) in [6.07, 6.45) is 1.38.